The van der Waals surface area contributed by atoms with Gasteiger partial charge in [-0.25, -0.2) is 4.98 Å². The Labute approximate surface area is 190 Å². The molecule has 1 aliphatic rings. The maximum Gasteiger partial charge on any atom is 0.226 e. The summed E-state index contributed by atoms with van der Waals surface area (Å²) in [6, 6.07) is 23.3. The van der Waals surface area contributed by atoms with Crippen LogP contribution < -0.4 is 5.32 Å². The van der Waals surface area contributed by atoms with Crippen LogP contribution in [0.4, 0.5) is 5.69 Å². The number of rotatable bonds is 4. The molecule has 1 aromatic heterocycles. The standard InChI is InChI=1S/C26H21N3O2S/c1-17(30)29-15-14-18-6-2-3-7-21(18)23(29)16-25(31)27-20-12-10-19(11-13-20)26-28-22-8-4-5-9-24(22)32-26/h2-15,23H,16H2,1H3,(H,27,31)/t23-/m1/s1. The molecule has 5 nitrogen and oxygen atoms in total. The molecule has 6 heteroatoms. The molecule has 0 radical (unpaired) electrons. The highest BCUT2D eigenvalue weighted by atomic mass is 32.1. The lowest BCUT2D eigenvalue weighted by Gasteiger charge is -2.32. The van der Waals surface area contributed by atoms with Crippen molar-refractivity contribution >= 4 is 45.1 Å². The van der Waals surface area contributed by atoms with Crippen LogP contribution in [0, 0.1) is 0 Å². The van der Waals surface area contributed by atoms with Gasteiger partial charge in [0.1, 0.15) is 5.01 Å². The van der Waals surface area contributed by atoms with Crippen LogP contribution in [0.5, 0.6) is 0 Å². The highest BCUT2D eigenvalue weighted by Gasteiger charge is 2.28. The lowest BCUT2D eigenvalue weighted by Crippen LogP contribution is -2.33. The fraction of sp³-hybridized carbons (Fsp3) is 0.115. The molecule has 0 spiro atoms. The lowest BCUT2D eigenvalue weighted by molar-refractivity contribution is -0.129. The number of fused-ring (bicyclic) bond motifs is 2. The average Bonchev–Trinajstić information content (AvgIpc) is 3.24. The number of amides is 2. The van der Waals surface area contributed by atoms with Gasteiger partial charge in [0.25, 0.3) is 0 Å². The Morgan fingerprint density at radius 3 is 2.53 bits per heavy atom. The molecule has 0 unspecified atom stereocenters. The van der Waals surface area contributed by atoms with Crippen molar-refractivity contribution in [3.8, 4) is 10.6 Å². The number of thiazole rings is 1. The van der Waals surface area contributed by atoms with Crippen molar-refractivity contribution in [3.05, 3.63) is 90.1 Å². The number of carbonyl (C=O) groups is 2. The molecule has 2 amide bonds. The van der Waals surface area contributed by atoms with Crippen molar-refractivity contribution in [2.75, 3.05) is 5.32 Å². The van der Waals surface area contributed by atoms with Crippen molar-refractivity contribution in [1.82, 2.24) is 9.88 Å². The zero-order valence-electron chi connectivity index (χ0n) is 17.5. The van der Waals surface area contributed by atoms with Crippen LogP contribution in [0.2, 0.25) is 0 Å². The number of nitrogens with zero attached hydrogens (tertiary/aromatic N) is 2. The van der Waals surface area contributed by atoms with Gasteiger partial charge in [-0.15, -0.1) is 11.3 Å². The molecule has 4 aromatic rings. The van der Waals surface area contributed by atoms with Crippen LogP contribution in [0.1, 0.15) is 30.5 Å². The molecular weight excluding hydrogens is 418 g/mol. The molecule has 0 saturated carbocycles. The van der Waals surface area contributed by atoms with Crippen LogP contribution in [0.3, 0.4) is 0 Å². The zero-order chi connectivity index (χ0) is 22.1. The highest BCUT2D eigenvalue weighted by Crippen LogP contribution is 2.34. The maximum atomic E-state index is 12.8. The molecule has 0 saturated heterocycles. The summed E-state index contributed by atoms with van der Waals surface area (Å²) in [6.07, 6.45) is 3.85. The number of para-hydroxylation sites is 1. The molecule has 0 fully saturated rings. The van der Waals surface area contributed by atoms with Gasteiger partial charge < -0.3 is 10.2 Å². The summed E-state index contributed by atoms with van der Waals surface area (Å²) < 4.78 is 1.15. The van der Waals surface area contributed by atoms with Crippen molar-refractivity contribution in [1.29, 1.82) is 0 Å². The number of hydrogen-bond acceptors (Lipinski definition) is 4. The molecule has 5 rings (SSSR count). The third-order valence-corrected chi connectivity index (χ3v) is 6.64. The van der Waals surface area contributed by atoms with Gasteiger partial charge >= 0.3 is 0 Å². The zero-order valence-corrected chi connectivity index (χ0v) is 18.3. The van der Waals surface area contributed by atoms with E-state index in [4.69, 9.17) is 0 Å². The second-order valence-corrected chi connectivity index (χ2v) is 8.73. The third kappa shape index (κ3) is 3.92. The first-order valence-corrected chi connectivity index (χ1v) is 11.2. The maximum absolute atomic E-state index is 12.8. The average molecular weight is 440 g/mol. The minimum absolute atomic E-state index is 0.0891. The van der Waals surface area contributed by atoms with Gasteiger partial charge in [-0.2, -0.15) is 0 Å². The monoisotopic (exact) mass is 439 g/mol. The smallest absolute Gasteiger partial charge is 0.226 e. The number of benzene rings is 3. The normalized spacial score (nSPS) is 14.9. The van der Waals surface area contributed by atoms with Crippen LogP contribution in [0.15, 0.2) is 79.0 Å². The molecular formula is C26H21N3O2S. The number of carbonyl (C=O) groups excluding carboxylic acids is 2. The second-order valence-electron chi connectivity index (χ2n) is 7.70. The minimum Gasteiger partial charge on any atom is -0.326 e. The molecule has 0 bridgehead atoms. The van der Waals surface area contributed by atoms with E-state index < -0.39 is 0 Å². The van der Waals surface area contributed by atoms with Crippen molar-refractivity contribution in [2.24, 2.45) is 0 Å². The van der Waals surface area contributed by atoms with Gasteiger partial charge in [0, 0.05) is 24.4 Å². The predicted octanol–water partition coefficient (Wildman–Crippen LogP) is 5.87. The number of anilines is 1. The molecule has 2 heterocycles. The van der Waals surface area contributed by atoms with Gasteiger partial charge in [-0.3, -0.25) is 9.59 Å². The summed E-state index contributed by atoms with van der Waals surface area (Å²) in [4.78, 5) is 31.3. The highest BCUT2D eigenvalue weighted by molar-refractivity contribution is 7.21. The quantitative estimate of drug-likeness (QED) is 0.433. The summed E-state index contributed by atoms with van der Waals surface area (Å²) in [6.45, 7) is 1.52. The lowest BCUT2D eigenvalue weighted by atomic mass is 9.93. The van der Waals surface area contributed by atoms with E-state index in [0.29, 0.717) is 5.69 Å². The second kappa shape index (κ2) is 8.40. The van der Waals surface area contributed by atoms with Gasteiger partial charge in [-0.05, 0) is 53.6 Å². The summed E-state index contributed by atoms with van der Waals surface area (Å²) in [5, 5.41) is 3.92. The molecule has 0 aliphatic carbocycles. The summed E-state index contributed by atoms with van der Waals surface area (Å²) in [7, 11) is 0. The fourth-order valence-corrected chi connectivity index (χ4v) is 4.96. The van der Waals surface area contributed by atoms with Crippen molar-refractivity contribution in [3.63, 3.8) is 0 Å². The summed E-state index contributed by atoms with van der Waals surface area (Å²) >= 11 is 1.65. The Morgan fingerprint density at radius 2 is 1.75 bits per heavy atom. The van der Waals surface area contributed by atoms with Gasteiger partial charge in [0.15, 0.2) is 0 Å². The molecule has 1 N–H and O–H groups in total. The Hall–Kier alpha value is -3.77. The van der Waals surface area contributed by atoms with Crippen LogP contribution in [-0.2, 0) is 9.59 Å². The van der Waals surface area contributed by atoms with Crippen LogP contribution in [0.25, 0.3) is 26.9 Å². The van der Waals surface area contributed by atoms with Crippen LogP contribution >= 0.6 is 11.3 Å². The van der Waals surface area contributed by atoms with Crippen molar-refractivity contribution in [2.45, 2.75) is 19.4 Å². The van der Waals surface area contributed by atoms with Gasteiger partial charge in [0.05, 0.1) is 22.7 Å². The van der Waals surface area contributed by atoms with E-state index in [1.54, 1.807) is 22.4 Å². The van der Waals surface area contributed by atoms with Crippen molar-refractivity contribution < 1.29 is 9.59 Å². The van der Waals surface area contributed by atoms with Crippen LogP contribution in [-0.4, -0.2) is 21.7 Å². The van der Waals surface area contributed by atoms with E-state index in [-0.39, 0.29) is 24.3 Å². The first kappa shape index (κ1) is 20.2. The predicted molar refractivity (Wildman–Crippen MR) is 129 cm³/mol. The van der Waals surface area contributed by atoms with E-state index in [1.807, 2.05) is 72.8 Å². The molecule has 1 aliphatic heterocycles. The first-order chi connectivity index (χ1) is 15.6. The molecule has 1 atom stereocenters. The Morgan fingerprint density at radius 1 is 1.00 bits per heavy atom. The fourth-order valence-electron chi connectivity index (χ4n) is 3.99. The largest absolute Gasteiger partial charge is 0.326 e. The van der Waals surface area contributed by atoms with Gasteiger partial charge in [-0.1, -0.05) is 36.4 Å². The first-order valence-electron chi connectivity index (χ1n) is 10.4. The van der Waals surface area contributed by atoms with E-state index >= 15 is 0 Å². The number of hydrogen-bond donors (Lipinski definition) is 1. The molecule has 32 heavy (non-hydrogen) atoms. The number of nitrogens with one attached hydrogen (secondary N) is 1. The van der Waals surface area contributed by atoms with E-state index in [0.717, 1.165) is 31.9 Å². The topological polar surface area (TPSA) is 62.3 Å². The summed E-state index contributed by atoms with van der Waals surface area (Å²) in [5.41, 5.74) is 4.73. The van der Waals surface area contributed by atoms with E-state index in [2.05, 4.69) is 16.4 Å². The van der Waals surface area contributed by atoms with E-state index in [1.165, 1.54) is 6.92 Å². The summed E-state index contributed by atoms with van der Waals surface area (Å²) in [5.74, 6) is -0.229. The minimum atomic E-state index is -0.323. The Kier molecular flexibility index (Phi) is 5.29. The number of aromatic nitrogens is 1. The third-order valence-electron chi connectivity index (χ3n) is 5.56. The molecule has 3 aromatic carbocycles. The Bertz CT molecular complexity index is 1310. The Balaban J connectivity index is 1.31. The van der Waals surface area contributed by atoms with E-state index in [9.17, 15) is 9.59 Å². The SMILES string of the molecule is CC(=O)N1C=Cc2ccccc2[C@H]1CC(=O)Nc1ccc(-c2nc3ccccc3s2)cc1. The van der Waals surface area contributed by atoms with Gasteiger partial charge in [0.2, 0.25) is 11.8 Å². The molecule has 158 valence electrons.